The first kappa shape index (κ1) is 19.1. The topological polar surface area (TPSA) is 146 Å². The van der Waals surface area contributed by atoms with Gasteiger partial charge in [-0.15, -0.1) is 0 Å². The van der Waals surface area contributed by atoms with Crippen LogP contribution in [-0.2, 0) is 20.8 Å². The number of nitrogens with zero attached hydrogens (tertiary/aromatic N) is 1. The number of pyridine rings is 1. The molecule has 1 aromatic heterocycles. The van der Waals surface area contributed by atoms with Crippen LogP contribution in [0.3, 0.4) is 0 Å². The van der Waals surface area contributed by atoms with Gasteiger partial charge in [-0.3, -0.25) is 30.0 Å². The molecule has 0 spiro atoms. The maximum absolute atomic E-state index is 11.8. The molecule has 0 saturated carbocycles. The van der Waals surface area contributed by atoms with Gasteiger partial charge in [0.15, 0.2) is 0 Å². The lowest BCUT2D eigenvalue weighted by Crippen LogP contribution is -2.56. The molecular weight excluding hydrogens is 366 g/mol. The minimum Gasteiger partial charge on any atom is -0.505 e. The van der Waals surface area contributed by atoms with Crippen molar-refractivity contribution in [1.82, 2.24) is 15.6 Å². The number of carboxylic acid groups (broad SMARTS) is 1. The van der Waals surface area contributed by atoms with Gasteiger partial charge in [0.05, 0.1) is 5.02 Å². The number of phenols is 1. The van der Waals surface area contributed by atoms with E-state index in [0.29, 0.717) is 16.0 Å². The lowest BCUT2D eigenvalue weighted by molar-refractivity contribution is -0.136. The molecule has 0 aliphatic carbocycles. The Morgan fingerprint density at radius 2 is 1.85 bits per heavy atom. The second kappa shape index (κ2) is 7.79. The molecule has 26 heavy (non-hydrogen) atoms. The van der Waals surface area contributed by atoms with E-state index in [2.05, 4.69) is 4.98 Å². The molecule has 2 heterocycles. The molecule has 0 atom stereocenters. The number of rotatable bonds is 2. The molecule has 1 aliphatic heterocycles. The second-order valence-electron chi connectivity index (χ2n) is 5.35. The zero-order valence-corrected chi connectivity index (χ0v) is 14.2. The molecule has 136 valence electrons. The number of barbiturate groups is 1. The van der Waals surface area contributed by atoms with E-state index in [0.717, 1.165) is 6.92 Å². The van der Waals surface area contributed by atoms with E-state index in [1.54, 1.807) is 12.1 Å². The molecule has 4 N–H and O–H groups in total. The lowest BCUT2D eigenvalue weighted by atomic mass is 9.95. The maximum Gasteiger partial charge on any atom is 0.328 e. The van der Waals surface area contributed by atoms with Crippen molar-refractivity contribution in [2.75, 3.05) is 0 Å². The van der Waals surface area contributed by atoms with Gasteiger partial charge in [0.2, 0.25) is 11.8 Å². The Bertz CT molecular complexity index is 890. The number of imide groups is 2. The molecule has 9 nitrogen and oxygen atoms in total. The van der Waals surface area contributed by atoms with Crippen LogP contribution in [0.15, 0.2) is 24.4 Å². The summed E-state index contributed by atoms with van der Waals surface area (Å²) in [6.07, 6.45) is 1.41. The smallest absolute Gasteiger partial charge is 0.328 e. The number of halogens is 1. The highest BCUT2D eigenvalue weighted by atomic mass is 35.5. The van der Waals surface area contributed by atoms with Crippen LogP contribution < -0.4 is 10.6 Å². The average Bonchev–Trinajstić information content (AvgIpc) is 2.54. The zero-order valence-electron chi connectivity index (χ0n) is 13.4. The number of nitrogens with one attached hydrogen (secondary N) is 2. The molecule has 10 heteroatoms. The van der Waals surface area contributed by atoms with Gasteiger partial charge in [0.1, 0.15) is 17.2 Å². The Hall–Kier alpha value is -3.20. The monoisotopic (exact) mass is 379 g/mol. The number of aliphatic carboxylic acids is 1. The summed E-state index contributed by atoms with van der Waals surface area (Å²) in [4.78, 5) is 47.6. The van der Waals surface area contributed by atoms with Crippen LogP contribution in [0.1, 0.15) is 12.5 Å². The highest BCUT2D eigenvalue weighted by molar-refractivity contribution is 6.35. The van der Waals surface area contributed by atoms with Gasteiger partial charge in [0, 0.05) is 18.5 Å². The number of amides is 4. The van der Waals surface area contributed by atoms with Crippen LogP contribution >= 0.6 is 11.6 Å². The predicted molar refractivity (Wildman–Crippen MR) is 90.6 cm³/mol. The first-order valence-electron chi connectivity index (χ1n) is 7.31. The summed E-state index contributed by atoms with van der Waals surface area (Å²) in [7, 11) is 0. The van der Waals surface area contributed by atoms with Crippen LogP contribution in [0.25, 0.3) is 10.9 Å². The summed E-state index contributed by atoms with van der Waals surface area (Å²) in [6.45, 7) is 1.08. The standard InChI is InChI=1S/C14H10ClN3O4.C2H4O2/c15-9-5-6(11(19)10-7(9)2-1-3-16-10)4-8-12(20)17-14(22)18-13(8)21;1-2(3)4/h1-3,5,8,19H,4H2,(H2,17,18,20,21,22);1H3,(H,3,4). The molecule has 3 rings (SSSR count). The van der Waals surface area contributed by atoms with E-state index < -0.39 is 29.7 Å². The number of fused-ring (bicyclic) bond motifs is 1. The van der Waals surface area contributed by atoms with E-state index in [1.165, 1.54) is 12.3 Å². The molecule has 1 aromatic carbocycles. The van der Waals surface area contributed by atoms with Crippen molar-refractivity contribution in [2.45, 2.75) is 13.3 Å². The van der Waals surface area contributed by atoms with Gasteiger partial charge in [-0.1, -0.05) is 11.6 Å². The van der Waals surface area contributed by atoms with E-state index in [9.17, 15) is 19.5 Å². The first-order valence-corrected chi connectivity index (χ1v) is 7.68. The Morgan fingerprint density at radius 3 is 2.42 bits per heavy atom. The number of aromatic nitrogens is 1. The summed E-state index contributed by atoms with van der Waals surface area (Å²) in [6, 6.07) is 4.01. The number of carbonyl (C=O) groups excluding carboxylic acids is 3. The molecule has 2 aromatic rings. The Balaban J connectivity index is 0.000000552. The maximum atomic E-state index is 11.8. The van der Waals surface area contributed by atoms with Crippen LogP contribution in [0, 0.1) is 5.92 Å². The molecule has 0 bridgehead atoms. The third kappa shape index (κ3) is 4.25. The Labute approximate surface area is 152 Å². The first-order chi connectivity index (χ1) is 12.2. The van der Waals surface area contributed by atoms with Gasteiger partial charge >= 0.3 is 6.03 Å². The molecule has 1 aliphatic rings. The number of aromatic hydroxyl groups is 1. The number of carboxylic acids is 1. The molecule has 1 saturated heterocycles. The molecule has 0 unspecified atom stereocenters. The van der Waals surface area contributed by atoms with Gasteiger partial charge in [-0.05, 0) is 30.2 Å². The van der Waals surface area contributed by atoms with Crippen LogP contribution in [0.5, 0.6) is 5.75 Å². The fourth-order valence-corrected chi connectivity index (χ4v) is 2.63. The quantitative estimate of drug-likeness (QED) is 0.573. The molecule has 0 radical (unpaired) electrons. The fourth-order valence-electron chi connectivity index (χ4n) is 2.35. The van der Waals surface area contributed by atoms with E-state index in [-0.39, 0.29) is 17.7 Å². The SMILES string of the molecule is CC(=O)O.O=C1NC(=O)C(Cc2cc(Cl)c3cccnc3c2O)C(=O)N1. The number of carbonyl (C=O) groups is 4. The number of phenolic OH excluding ortho intramolecular Hbond substituents is 1. The van der Waals surface area contributed by atoms with E-state index in [1.807, 2.05) is 10.6 Å². The highest BCUT2D eigenvalue weighted by Gasteiger charge is 2.35. The summed E-state index contributed by atoms with van der Waals surface area (Å²) < 4.78 is 0. The van der Waals surface area contributed by atoms with Crippen molar-refractivity contribution in [3.8, 4) is 5.75 Å². The highest BCUT2D eigenvalue weighted by Crippen LogP contribution is 2.34. The van der Waals surface area contributed by atoms with E-state index >= 15 is 0 Å². The second-order valence-corrected chi connectivity index (χ2v) is 5.76. The third-order valence-corrected chi connectivity index (χ3v) is 3.74. The Morgan fingerprint density at radius 1 is 1.27 bits per heavy atom. The molecule has 4 amide bonds. The van der Waals surface area contributed by atoms with Gasteiger partial charge in [-0.2, -0.15) is 0 Å². The van der Waals surface area contributed by atoms with Crippen molar-refractivity contribution in [3.63, 3.8) is 0 Å². The van der Waals surface area contributed by atoms with Crippen LogP contribution in [0.4, 0.5) is 4.79 Å². The number of hydrogen-bond donors (Lipinski definition) is 4. The number of hydrogen-bond acceptors (Lipinski definition) is 6. The summed E-state index contributed by atoms with van der Waals surface area (Å²) in [5.74, 6) is -3.53. The largest absolute Gasteiger partial charge is 0.505 e. The van der Waals surface area contributed by atoms with Gasteiger partial charge in [0.25, 0.3) is 5.97 Å². The van der Waals surface area contributed by atoms with Crippen LogP contribution in [-0.4, -0.2) is 39.0 Å². The number of benzene rings is 1. The minimum absolute atomic E-state index is 0.0942. The third-order valence-electron chi connectivity index (χ3n) is 3.42. The predicted octanol–water partition coefficient (Wildman–Crippen LogP) is 1.21. The zero-order chi connectivity index (χ0) is 19.4. The number of urea groups is 1. The Kier molecular flexibility index (Phi) is 5.73. The van der Waals surface area contributed by atoms with Gasteiger partial charge < -0.3 is 10.2 Å². The van der Waals surface area contributed by atoms with Crippen molar-refractivity contribution in [2.24, 2.45) is 5.92 Å². The minimum atomic E-state index is -1.12. The van der Waals surface area contributed by atoms with Crippen LogP contribution in [0.2, 0.25) is 5.02 Å². The summed E-state index contributed by atoms with van der Waals surface area (Å²) >= 11 is 6.14. The molecule has 1 fully saturated rings. The average molecular weight is 380 g/mol. The van der Waals surface area contributed by atoms with Crippen molar-refractivity contribution < 1.29 is 29.4 Å². The van der Waals surface area contributed by atoms with Gasteiger partial charge in [-0.25, -0.2) is 4.79 Å². The van der Waals surface area contributed by atoms with Crippen molar-refractivity contribution in [3.05, 3.63) is 35.0 Å². The normalized spacial score (nSPS) is 14.3. The van der Waals surface area contributed by atoms with Crippen molar-refractivity contribution in [1.29, 1.82) is 0 Å². The lowest BCUT2D eigenvalue weighted by Gasteiger charge is -2.21. The summed E-state index contributed by atoms with van der Waals surface area (Å²) in [5, 5.41) is 22.6. The fraction of sp³-hybridized carbons (Fsp3) is 0.188. The van der Waals surface area contributed by atoms with Crippen molar-refractivity contribution >= 4 is 46.3 Å². The molecular formula is C16H14ClN3O6. The summed E-state index contributed by atoms with van der Waals surface area (Å²) in [5.41, 5.74) is 0.596. The van der Waals surface area contributed by atoms with E-state index in [4.69, 9.17) is 21.5 Å².